The molecule has 120 valence electrons. The van der Waals surface area contributed by atoms with Crippen LogP contribution in [0.25, 0.3) is 0 Å². The van der Waals surface area contributed by atoms with Gasteiger partial charge >= 0.3 is 11.9 Å². The zero-order chi connectivity index (χ0) is 16.0. The number of aliphatic carboxylic acids is 2. The second-order valence-corrected chi connectivity index (χ2v) is 4.72. The van der Waals surface area contributed by atoms with Gasteiger partial charge < -0.3 is 20.4 Å². The van der Waals surface area contributed by atoms with Crippen LogP contribution in [0.5, 0.6) is 0 Å². The number of carboxylic acid groups (broad SMARTS) is 2. The first-order valence-corrected chi connectivity index (χ1v) is 7.15. The van der Waals surface area contributed by atoms with Crippen molar-refractivity contribution in [3.05, 3.63) is 0 Å². The summed E-state index contributed by atoms with van der Waals surface area (Å²) in [7, 11) is 0. The fourth-order valence-electron chi connectivity index (χ4n) is 1.48. The summed E-state index contributed by atoms with van der Waals surface area (Å²) in [6.45, 7) is 4.00. The molecular formula is C14H28O6. The summed E-state index contributed by atoms with van der Waals surface area (Å²) < 4.78 is 0. The molecule has 0 aromatic heterocycles. The molecule has 0 saturated carbocycles. The van der Waals surface area contributed by atoms with Gasteiger partial charge in [0.1, 0.15) is 0 Å². The fourth-order valence-corrected chi connectivity index (χ4v) is 1.48. The quantitative estimate of drug-likeness (QED) is 0.458. The molecule has 2 unspecified atom stereocenters. The number of hydrogen-bond acceptors (Lipinski definition) is 4. The van der Waals surface area contributed by atoms with Crippen molar-refractivity contribution in [1.82, 2.24) is 0 Å². The predicted molar refractivity (Wildman–Crippen MR) is 75.6 cm³/mol. The van der Waals surface area contributed by atoms with Crippen LogP contribution in [0.4, 0.5) is 0 Å². The molecule has 0 bridgehead atoms. The first-order valence-electron chi connectivity index (χ1n) is 7.15. The van der Waals surface area contributed by atoms with Crippen LogP contribution in [0, 0.1) is 0 Å². The highest BCUT2D eigenvalue weighted by Crippen LogP contribution is 2.03. The van der Waals surface area contributed by atoms with Gasteiger partial charge in [0, 0.05) is 6.42 Å². The largest absolute Gasteiger partial charge is 0.481 e. The highest BCUT2D eigenvalue weighted by molar-refractivity contribution is 5.71. The number of rotatable bonds is 10. The van der Waals surface area contributed by atoms with Crippen molar-refractivity contribution < 1.29 is 30.0 Å². The first kappa shape index (κ1) is 21.2. The van der Waals surface area contributed by atoms with E-state index in [-0.39, 0.29) is 6.42 Å². The molecule has 6 heteroatoms. The van der Waals surface area contributed by atoms with Gasteiger partial charge in [-0.15, -0.1) is 0 Å². The number of aliphatic hydroxyl groups is 2. The van der Waals surface area contributed by atoms with E-state index >= 15 is 0 Å². The van der Waals surface area contributed by atoms with Crippen molar-refractivity contribution in [2.24, 2.45) is 0 Å². The second kappa shape index (κ2) is 14.3. The summed E-state index contributed by atoms with van der Waals surface area (Å²) in [6, 6.07) is 0. The average Bonchev–Trinajstić information content (AvgIpc) is 2.37. The summed E-state index contributed by atoms with van der Waals surface area (Å²) in [5.74, 6) is -1.95. The molecule has 0 aliphatic rings. The van der Waals surface area contributed by atoms with E-state index in [9.17, 15) is 9.59 Å². The maximum atomic E-state index is 10.0. The zero-order valence-electron chi connectivity index (χ0n) is 12.4. The Morgan fingerprint density at radius 3 is 1.90 bits per heavy atom. The Morgan fingerprint density at radius 1 is 0.900 bits per heavy atom. The number of unbranched alkanes of at least 4 members (excludes halogenated alkanes) is 2. The third kappa shape index (κ3) is 16.9. The minimum atomic E-state index is -1.16. The van der Waals surface area contributed by atoms with Crippen LogP contribution in [-0.2, 0) is 9.59 Å². The Kier molecular flexibility index (Phi) is 15.1. The van der Waals surface area contributed by atoms with Crippen molar-refractivity contribution in [2.75, 3.05) is 0 Å². The third-order valence-corrected chi connectivity index (χ3v) is 2.68. The molecule has 20 heavy (non-hydrogen) atoms. The Labute approximate surface area is 120 Å². The second-order valence-electron chi connectivity index (χ2n) is 4.72. The molecule has 0 spiro atoms. The smallest absolute Gasteiger partial charge is 0.332 e. The van der Waals surface area contributed by atoms with Crippen LogP contribution >= 0.6 is 0 Å². The Bertz CT molecular complexity index is 254. The topological polar surface area (TPSA) is 115 Å². The maximum Gasteiger partial charge on any atom is 0.332 e. The normalized spacial score (nSPS) is 13.0. The molecule has 0 aliphatic carbocycles. The summed E-state index contributed by atoms with van der Waals surface area (Å²) >= 11 is 0. The molecule has 0 aliphatic heterocycles. The van der Waals surface area contributed by atoms with Crippen LogP contribution in [0.2, 0.25) is 0 Å². The maximum absolute atomic E-state index is 10.0. The molecule has 0 aromatic carbocycles. The van der Waals surface area contributed by atoms with E-state index in [1.54, 1.807) is 0 Å². The standard InChI is InChI=1S/2C7H14O3/c1-2-3-6(8)4-5-7(9)10;1-2-3-4-5-6(8)7(9)10/h2*6,8H,2-5H2,1H3,(H,9,10). The van der Waals surface area contributed by atoms with E-state index in [0.29, 0.717) is 19.3 Å². The molecule has 4 N–H and O–H groups in total. The van der Waals surface area contributed by atoms with Crippen molar-refractivity contribution in [1.29, 1.82) is 0 Å². The van der Waals surface area contributed by atoms with Crippen molar-refractivity contribution in [3.63, 3.8) is 0 Å². The van der Waals surface area contributed by atoms with E-state index in [0.717, 1.165) is 25.7 Å². The predicted octanol–water partition coefficient (Wildman–Crippen LogP) is 2.02. The van der Waals surface area contributed by atoms with Gasteiger partial charge in [0.15, 0.2) is 6.10 Å². The van der Waals surface area contributed by atoms with E-state index in [1.165, 1.54) is 0 Å². The van der Waals surface area contributed by atoms with Gasteiger partial charge in [-0.1, -0.05) is 39.5 Å². The first-order chi connectivity index (χ1) is 9.34. The molecule has 0 amide bonds. The Morgan fingerprint density at radius 2 is 1.50 bits per heavy atom. The minimum absolute atomic E-state index is 0.0706. The van der Waals surface area contributed by atoms with Gasteiger partial charge in [-0.05, 0) is 19.3 Å². The van der Waals surface area contributed by atoms with E-state index in [1.807, 2.05) is 13.8 Å². The average molecular weight is 292 g/mol. The summed E-state index contributed by atoms with van der Waals surface area (Å²) in [5.41, 5.74) is 0. The zero-order valence-corrected chi connectivity index (χ0v) is 12.4. The van der Waals surface area contributed by atoms with Crippen molar-refractivity contribution in [2.45, 2.75) is 77.4 Å². The van der Waals surface area contributed by atoms with E-state index in [2.05, 4.69) is 0 Å². The van der Waals surface area contributed by atoms with Crippen LogP contribution in [0.1, 0.15) is 65.2 Å². The van der Waals surface area contributed by atoms with E-state index in [4.69, 9.17) is 20.4 Å². The third-order valence-electron chi connectivity index (χ3n) is 2.68. The number of carboxylic acids is 2. The van der Waals surface area contributed by atoms with Crippen LogP contribution in [0.3, 0.4) is 0 Å². The highest BCUT2D eigenvalue weighted by Gasteiger charge is 2.10. The van der Waals surface area contributed by atoms with Crippen molar-refractivity contribution in [3.8, 4) is 0 Å². The summed E-state index contributed by atoms with van der Waals surface area (Å²) in [4.78, 5) is 20.0. The lowest BCUT2D eigenvalue weighted by Crippen LogP contribution is -2.18. The molecule has 0 rings (SSSR count). The molecule has 2 atom stereocenters. The van der Waals surface area contributed by atoms with Gasteiger partial charge in [-0.25, -0.2) is 4.79 Å². The molecule has 0 saturated heterocycles. The fraction of sp³-hybridized carbons (Fsp3) is 0.857. The van der Waals surface area contributed by atoms with Crippen LogP contribution < -0.4 is 0 Å². The van der Waals surface area contributed by atoms with Gasteiger partial charge in [0.2, 0.25) is 0 Å². The van der Waals surface area contributed by atoms with Crippen LogP contribution in [-0.4, -0.2) is 44.6 Å². The van der Waals surface area contributed by atoms with E-state index < -0.39 is 24.1 Å². The summed E-state index contributed by atoms with van der Waals surface area (Å²) in [6.07, 6.45) is 3.68. The molecule has 0 radical (unpaired) electrons. The number of aliphatic hydroxyl groups excluding tert-OH is 2. The number of carbonyl (C=O) groups is 2. The number of hydrogen-bond donors (Lipinski definition) is 4. The summed E-state index contributed by atoms with van der Waals surface area (Å²) in [5, 5.41) is 34.2. The molecule has 0 heterocycles. The van der Waals surface area contributed by atoms with Gasteiger partial charge in [-0.3, -0.25) is 4.79 Å². The van der Waals surface area contributed by atoms with Crippen molar-refractivity contribution >= 4 is 11.9 Å². The minimum Gasteiger partial charge on any atom is -0.481 e. The Balaban J connectivity index is 0. The lowest BCUT2D eigenvalue weighted by Gasteiger charge is -2.05. The molecule has 6 nitrogen and oxygen atoms in total. The lowest BCUT2D eigenvalue weighted by atomic mass is 10.1. The van der Waals surface area contributed by atoms with Gasteiger partial charge in [-0.2, -0.15) is 0 Å². The molecular weight excluding hydrogens is 264 g/mol. The lowest BCUT2D eigenvalue weighted by molar-refractivity contribution is -0.147. The van der Waals surface area contributed by atoms with Crippen LogP contribution in [0.15, 0.2) is 0 Å². The SMILES string of the molecule is CCCC(O)CCC(=O)O.CCCCCC(O)C(=O)O. The van der Waals surface area contributed by atoms with Gasteiger partial charge in [0.05, 0.1) is 6.10 Å². The monoisotopic (exact) mass is 292 g/mol. The molecule has 0 aromatic rings. The van der Waals surface area contributed by atoms with Gasteiger partial charge in [0.25, 0.3) is 0 Å². The molecule has 0 fully saturated rings. The highest BCUT2D eigenvalue weighted by atomic mass is 16.4. The Hall–Kier alpha value is -1.14.